The molecule has 0 aromatic heterocycles. The molecule has 1 fully saturated rings. The minimum atomic E-state index is -0.233. The summed E-state index contributed by atoms with van der Waals surface area (Å²) in [6.07, 6.45) is 0.772. The van der Waals surface area contributed by atoms with Gasteiger partial charge in [-0.3, -0.25) is 4.79 Å². The lowest BCUT2D eigenvalue weighted by Gasteiger charge is -2.36. The molecule has 0 aliphatic carbocycles. The second-order valence-electron chi connectivity index (χ2n) is 9.39. The Morgan fingerprint density at radius 3 is 2.06 bits per heavy atom. The maximum absolute atomic E-state index is 12.6. The second-order valence-corrected chi connectivity index (χ2v) is 9.39. The average Bonchev–Trinajstić information content (AvgIpc) is 2.85. The van der Waals surface area contributed by atoms with E-state index in [1.54, 1.807) is 0 Å². The Balaban J connectivity index is 1.47. The van der Waals surface area contributed by atoms with Gasteiger partial charge in [-0.15, -0.1) is 0 Å². The minimum absolute atomic E-state index is 0.000751. The van der Waals surface area contributed by atoms with E-state index in [1.165, 1.54) is 4.90 Å². The predicted octanol–water partition coefficient (Wildman–Crippen LogP) is 4.12. The fourth-order valence-corrected chi connectivity index (χ4v) is 4.00. The van der Waals surface area contributed by atoms with Crippen LogP contribution in [0.2, 0.25) is 0 Å². The number of amides is 5. The molecule has 1 heterocycles. The number of benzene rings is 2. The molecule has 9 nitrogen and oxygen atoms in total. The van der Waals surface area contributed by atoms with Gasteiger partial charge in [0, 0.05) is 55.8 Å². The zero-order chi connectivity index (χ0) is 26.1. The molecule has 1 saturated heterocycles. The molecule has 36 heavy (non-hydrogen) atoms. The molecule has 2 aromatic carbocycles. The van der Waals surface area contributed by atoms with Crippen LogP contribution >= 0.6 is 0 Å². The first kappa shape index (κ1) is 26.8. The number of hydrogen-bond donors (Lipinski definition) is 3. The van der Waals surface area contributed by atoms with Crippen molar-refractivity contribution in [2.45, 2.75) is 40.2 Å². The quantitative estimate of drug-likeness (QED) is 0.514. The van der Waals surface area contributed by atoms with Gasteiger partial charge in [0.1, 0.15) is 6.54 Å². The molecule has 0 atom stereocenters. The summed E-state index contributed by atoms with van der Waals surface area (Å²) in [5.74, 6) is -0.233. The monoisotopic (exact) mass is 494 g/mol. The van der Waals surface area contributed by atoms with Crippen molar-refractivity contribution in [3.63, 3.8) is 0 Å². The van der Waals surface area contributed by atoms with E-state index in [9.17, 15) is 14.4 Å². The Labute approximate surface area is 213 Å². The topological polar surface area (TPSA) is 97.0 Å². The van der Waals surface area contributed by atoms with Gasteiger partial charge in [0.15, 0.2) is 0 Å². The van der Waals surface area contributed by atoms with Crippen LogP contribution in [0, 0.1) is 6.92 Å². The van der Waals surface area contributed by atoms with E-state index in [4.69, 9.17) is 0 Å². The molecular weight excluding hydrogens is 456 g/mol. The van der Waals surface area contributed by atoms with E-state index in [1.807, 2.05) is 81.1 Å². The SMILES string of the molecule is CCCN(CC(=O)Nc1ccc(N2CCN(C(=O)Nc3ccc(C)cc3)CC2)cc1)C(=O)NC(C)C. The fourth-order valence-electron chi connectivity index (χ4n) is 4.00. The normalized spacial score (nSPS) is 13.4. The van der Waals surface area contributed by atoms with Crippen molar-refractivity contribution in [1.82, 2.24) is 15.1 Å². The molecule has 1 aliphatic heterocycles. The van der Waals surface area contributed by atoms with E-state index < -0.39 is 0 Å². The molecule has 0 saturated carbocycles. The van der Waals surface area contributed by atoms with Crippen molar-refractivity contribution in [3.8, 4) is 0 Å². The Kier molecular flexibility index (Phi) is 9.55. The number of anilines is 3. The Morgan fingerprint density at radius 1 is 0.889 bits per heavy atom. The maximum atomic E-state index is 12.6. The van der Waals surface area contributed by atoms with Gasteiger partial charge in [-0.25, -0.2) is 9.59 Å². The van der Waals surface area contributed by atoms with Crippen LogP contribution in [0.5, 0.6) is 0 Å². The summed E-state index contributed by atoms with van der Waals surface area (Å²) >= 11 is 0. The number of rotatable bonds is 8. The molecule has 0 spiro atoms. The Bertz CT molecular complexity index is 1010. The summed E-state index contributed by atoms with van der Waals surface area (Å²) in [6, 6.07) is 15.1. The average molecular weight is 495 g/mol. The summed E-state index contributed by atoms with van der Waals surface area (Å²) in [5, 5.41) is 8.67. The van der Waals surface area contributed by atoms with E-state index in [0.717, 1.165) is 36.4 Å². The van der Waals surface area contributed by atoms with Gasteiger partial charge in [0.05, 0.1) is 0 Å². The number of carbonyl (C=O) groups excluding carboxylic acids is 3. The highest BCUT2D eigenvalue weighted by Gasteiger charge is 2.22. The van der Waals surface area contributed by atoms with Crippen LogP contribution in [-0.2, 0) is 4.79 Å². The maximum Gasteiger partial charge on any atom is 0.321 e. The van der Waals surface area contributed by atoms with Crippen molar-refractivity contribution in [2.24, 2.45) is 0 Å². The van der Waals surface area contributed by atoms with E-state index in [0.29, 0.717) is 25.3 Å². The first-order chi connectivity index (χ1) is 17.2. The number of urea groups is 2. The van der Waals surface area contributed by atoms with Crippen molar-refractivity contribution >= 4 is 35.0 Å². The molecular formula is C27H38N6O3. The minimum Gasteiger partial charge on any atom is -0.368 e. The molecule has 3 rings (SSSR count). The summed E-state index contributed by atoms with van der Waals surface area (Å²) < 4.78 is 0. The van der Waals surface area contributed by atoms with Gasteiger partial charge in [0.25, 0.3) is 0 Å². The number of piperazine rings is 1. The zero-order valence-electron chi connectivity index (χ0n) is 21.7. The third-order valence-corrected chi connectivity index (χ3v) is 5.91. The molecule has 2 aromatic rings. The smallest absolute Gasteiger partial charge is 0.321 e. The third kappa shape index (κ3) is 7.90. The van der Waals surface area contributed by atoms with Crippen LogP contribution in [0.15, 0.2) is 48.5 Å². The zero-order valence-corrected chi connectivity index (χ0v) is 21.7. The summed E-state index contributed by atoms with van der Waals surface area (Å²) in [4.78, 5) is 43.0. The van der Waals surface area contributed by atoms with E-state index >= 15 is 0 Å². The van der Waals surface area contributed by atoms with Crippen LogP contribution in [0.3, 0.4) is 0 Å². The number of nitrogens with zero attached hydrogens (tertiary/aromatic N) is 3. The fraction of sp³-hybridized carbons (Fsp3) is 0.444. The molecule has 9 heteroatoms. The lowest BCUT2D eigenvalue weighted by atomic mass is 10.2. The molecule has 0 unspecified atom stereocenters. The Morgan fingerprint density at radius 2 is 1.47 bits per heavy atom. The van der Waals surface area contributed by atoms with Crippen molar-refractivity contribution < 1.29 is 14.4 Å². The van der Waals surface area contributed by atoms with Gasteiger partial charge in [0.2, 0.25) is 5.91 Å². The molecule has 5 amide bonds. The second kappa shape index (κ2) is 12.8. The van der Waals surface area contributed by atoms with Gasteiger partial charge in [-0.1, -0.05) is 24.6 Å². The highest BCUT2D eigenvalue weighted by molar-refractivity contribution is 5.94. The highest BCUT2D eigenvalue weighted by atomic mass is 16.2. The predicted molar refractivity (Wildman–Crippen MR) is 145 cm³/mol. The highest BCUT2D eigenvalue weighted by Crippen LogP contribution is 2.20. The largest absolute Gasteiger partial charge is 0.368 e. The van der Waals surface area contributed by atoms with Gasteiger partial charge in [-0.2, -0.15) is 0 Å². The molecule has 3 N–H and O–H groups in total. The Hall–Kier alpha value is -3.75. The third-order valence-electron chi connectivity index (χ3n) is 5.91. The lowest BCUT2D eigenvalue weighted by Crippen LogP contribution is -2.50. The van der Waals surface area contributed by atoms with Crippen LogP contribution in [0.1, 0.15) is 32.8 Å². The number of hydrogen-bond acceptors (Lipinski definition) is 4. The summed E-state index contributed by atoms with van der Waals surface area (Å²) in [5.41, 5.74) is 3.67. The standard InChI is InChI=1S/C27H38N6O3/c1-5-14-33(26(35)28-20(2)3)19-25(34)29-22-10-12-24(13-11-22)31-15-17-32(18-16-31)27(36)30-23-8-6-21(4)7-9-23/h6-13,20H,5,14-19H2,1-4H3,(H,28,35)(H,29,34)(H,30,36). The number of nitrogens with one attached hydrogen (secondary N) is 3. The van der Waals surface area contributed by atoms with Crippen molar-refractivity contribution in [2.75, 3.05) is 54.8 Å². The van der Waals surface area contributed by atoms with Gasteiger partial charge in [-0.05, 0) is 63.6 Å². The first-order valence-electron chi connectivity index (χ1n) is 12.6. The van der Waals surface area contributed by atoms with Crippen LogP contribution in [0.25, 0.3) is 0 Å². The molecule has 194 valence electrons. The van der Waals surface area contributed by atoms with Gasteiger partial charge >= 0.3 is 12.1 Å². The van der Waals surface area contributed by atoms with E-state index in [2.05, 4.69) is 20.9 Å². The number of aryl methyl sites for hydroxylation is 1. The lowest BCUT2D eigenvalue weighted by molar-refractivity contribution is -0.116. The van der Waals surface area contributed by atoms with Crippen LogP contribution in [-0.4, -0.2) is 73.1 Å². The molecule has 0 bridgehead atoms. The molecule has 1 aliphatic rings. The van der Waals surface area contributed by atoms with Crippen LogP contribution < -0.4 is 20.9 Å². The first-order valence-corrected chi connectivity index (χ1v) is 12.6. The summed E-state index contributed by atoms with van der Waals surface area (Å²) in [6.45, 7) is 11.0. The van der Waals surface area contributed by atoms with Crippen molar-refractivity contribution in [1.29, 1.82) is 0 Å². The summed E-state index contributed by atoms with van der Waals surface area (Å²) in [7, 11) is 0. The van der Waals surface area contributed by atoms with E-state index in [-0.39, 0.29) is 30.6 Å². The van der Waals surface area contributed by atoms with Crippen LogP contribution in [0.4, 0.5) is 26.7 Å². The number of carbonyl (C=O) groups is 3. The van der Waals surface area contributed by atoms with Crippen molar-refractivity contribution in [3.05, 3.63) is 54.1 Å². The molecule has 0 radical (unpaired) electrons. The van der Waals surface area contributed by atoms with Gasteiger partial charge < -0.3 is 30.7 Å².